The number of hydrogen-bond acceptors (Lipinski definition) is 2. The van der Waals surface area contributed by atoms with Gasteiger partial charge in [0.05, 0.1) is 18.3 Å². The van der Waals surface area contributed by atoms with E-state index in [0.29, 0.717) is 36.3 Å². The van der Waals surface area contributed by atoms with Crippen LogP contribution in [0.3, 0.4) is 0 Å². The van der Waals surface area contributed by atoms with Crippen LogP contribution in [0.5, 0.6) is 5.75 Å². The van der Waals surface area contributed by atoms with Crippen molar-refractivity contribution < 1.29 is 13.9 Å². The van der Waals surface area contributed by atoms with E-state index in [1.165, 1.54) is 12.1 Å². The first kappa shape index (κ1) is 16.1. The van der Waals surface area contributed by atoms with Gasteiger partial charge in [-0.2, -0.15) is 0 Å². The molecule has 2 nitrogen and oxygen atoms in total. The zero-order valence-corrected chi connectivity index (χ0v) is 12.8. The van der Waals surface area contributed by atoms with Crippen molar-refractivity contribution in [3.05, 3.63) is 29.6 Å². The maximum absolute atomic E-state index is 13.3. The summed E-state index contributed by atoms with van der Waals surface area (Å²) in [5.74, 6) is 6.61. The van der Waals surface area contributed by atoms with Crippen LogP contribution in [0.1, 0.15) is 37.7 Å². The third kappa shape index (κ3) is 5.57. The Labute approximate surface area is 130 Å². The van der Waals surface area contributed by atoms with E-state index in [4.69, 9.17) is 21.1 Å². The van der Waals surface area contributed by atoms with Crippen LogP contribution in [0.4, 0.5) is 4.39 Å². The Morgan fingerprint density at radius 2 is 2.33 bits per heavy atom. The zero-order valence-electron chi connectivity index (χ0n) is 12.0. The van der Waals surface area contributed by atoms with Crippen LogP contribution in [0.15, 0.2) is 18.2 Å². The highest BCUT2D eigenvalue weighted by Gasteiger charge is 2.14. The summed E-state index contributed by atoms with van der Waals surface area (Å²) in [6.07, 6.45) is 5.20. The molecule has 2 rings (SSSR count). The van der Waals surface area contributed by atoms with Crippen LogP contribution in [0.2, 0.25) is 0 Å². The van der Waals surface area contributed by atoms with Gasteiger partial charge >= 0.3 is 0 Å². The maximum atomic E-state index is 13.3. The molecule has 1 aromatic carbocycles. The Morgan fingerprint density at radius 1 is 1.43 bits per heavy atom. The minimum atomic E-state index is -0.308. The van der Waals surface area contributed by atoms with E-state index in [0.717, 1.165) is 32.3 Å². The number of hydrogen-bond donors (Lipinski definition) is 0. The maximum Gasteiger partial charge on any atom is 0.135 e. The molecule has 114 valence electrons. The Kier molecular flexibility index (Phi) is 6.85. The van der Waals surface area contributed by atoms with Crippen molar-refractivity contribution in [2.75, 3.05) is 19.1 Å². The molecule has 1 heterocycles. The van der Waals surface area contributed by atoms with Crippen LogP contribution >= 0.6 is 11.6 Å². The largest absolute Gasteiger partial charge is 0.492 e. The molecule has 1 unspecified atom stereocenters. The smallest absolute Gasteiger partial charge is 0.135 e. The monoisotopic (exact) mass is 310 g/mol. The van der Waals surface area contributed by atoms with E-state index < -0.39 is 0 Å². The number of ether oxygens (including phenoxy) is 2. The fourth-order valence-electron chi connectivity index (χ4n) is 2.30. The number of halogens is 2. The van der Waals surface area contributed by atoms with Crippen molar-refractivity contribution in [3.8, 4) is 17.6 Å². The second-order valence-electron chi connectivity index (χ2n) is 5.01. The van der Waals surface area contributed by atoms with E-state index in [2.05, 4.69) is 11.8 Å². The molecule has 21 heavy (non-hydrogen) atoms. The van der Waals surface area contributed by atoms with Crippen LogP contribution in [-0.4, -0.2) is 25.2 Å². The molecular formula is C17H20ClFO2. The first-order chi connectivity index (χ1) is 10.3. The highest BCUT2D eigenvalue weighted by molar-refractivity contribution is 6.18. The summed E-state index contributed by atoms with van der Waals surface area (Å²) >= 11 is 5.58. The van der Waals surface area contributed by atoms with Gasteiger partial charge in [-0.1, -0.05) is 11.8 Å². The van der Waals surface area contributed by atoms with E-state index in [1.54, 1.807) is 6.07 Å². The highest BCUT2D eigenvalue weighted by Crippen LogP contribution is 2.20. The lowest BCUT2D eigenvalue weighted by atomic mass is 10.1. The van der Waals surface area contributed by atoms with E-state index in [-0.39, 0.29) is 5.82 Å². The first-order valence-corrected chi connectivity index (χ1v) is 7.92. The molecule has 0 amide bonds. The zero-order chi connectivity index (χ0) is 14.9. The molecule has 4 heteroatoms. The first-order valence-electron chi connectivity index (χ1n) is 7.38. The molecule has 1 fully saturated rings. The standard InChI is InChI=1S/C17H20ClFO2/c18-10-2-1-5-14-13-15(19)8-9-17(14)21-12-4-7-16-6-3-11-20-16/h8-9,13,16H,2-4,6-7,10-12H2. The van der Waals surface area contributed by atoms with Gasteiger partial charge in [0.15, 0.2) is 0 Å². The van der Waals surface area contributed by atoms with Crippen LogP contribution in [0.25, 0.3) is 0 Å². The topological polar surface area (TPSA) is 18.5 Å². The SMILES string of the molecule is Fc1ccc(OCCCC2CCCO2)c(C#CCCCl)c1. The second kappa shape index (κ2) is 8.92. The molecule has 1 atom stereocenters. The summed E-state index contributed by atoms with van der Waals surface area (Å²) in [6, 6.07) is 4.42. The molecule has 1 aromatic rings. The van der Waals surface area contributed by atoms with Crippen LogP contribution < -0.4 is 4.74 Å². The van der Waals surface area contributed by atoms with Gasteiger partial charge in [0.1, 0.15) is 11.6 Å². The molecule has 0 radical (unpaired) electrons. The van der Waals surface area contributed by atoms with Crippen molar-refractivity contribution in [3.63, 3.8) is 0 Å². The minimum absolute atomic E-state index is 0.308. The van der Waals surface area contributed by atoms with E-state index in [9.17, 15) is 4.39 Å². The van der Waals surface area contributed by atoms with Gasteiger partial charge < -0.3 is 9.47 Å². The average Bonchev–Trinajstić information content (AvgIpc) is 2.99. The molecule has 1 aliphatic rings. The quantitative estimate of drug-likeness (QED) is 0.446. The van der Waals surface area contributed by atoms with Crippen LogP contribution in [-0.2, 0) is 4.74 Å². The summed E-state index contributed by atoms with van der Waals surface area (Å²) < 4.78 is 24.6. The van der Waals surface area contributed by atoms with Crippen molar-refractivity contribution in [2.24, 2.45) is 0 Å². The van der Waals surface area contributed by atoms with Crippen molar-refractivity contribution in [1.82, 2.24) is 0 Å². The predicted molar refractivity (Wildman–Crippen MR) is 82.3 cm³/mol. The molecule has 1 aliphatic heterocycles. The summed E-state index contributed by atoms with van der Waals surface area (Å²) in [7, 11) is 0. The average molecular weight is 311 g/mol. The van der Waals surface area contributed by atoms with Gasteiger partial charge in [0.2, 0.25) is 0 Å². The lowest BCUT2D eigenvalue weighted by Gasteiger charge is -2.11. The van der Waals surface area contributed by atoms with Crippen molar-refractivity contribution in [2.45, 2.75) is 38.2 Å². The summed E-state index contributed by atoms with van der Waals surface area (Å²) in [6.45, 7) is 1.47. The third-order valence-corrected chi connectivity index (χ3v) is 3.53. The van der Waals surface area contributed by atoms with Gasteiger partial charge in [0.25, 0.3) is 0 Å². The fourth-order valence-corrected chi connectivity index (χ4v) is 2.39. The normalized spacial score (nSPS) is 17.3. The summed E-state index contributed by atoms with van der Waals surface area (Å²) in [5.41, 5.74) is 0.581. The molecule has 0 saturated carbocycles. The molecule has 0 spiro atoms. The van der Waals surface area contributed by atoms with Gasteiger partial charge in [0, 0.05) is 18.9 Å². The molecular weight excluding hydrogens is 291 g/mol. The molecule has 0 aromatic heterocycles. The minimum Gasteiger partial charge on any atom is -0.492 e. The second-order valence-corrected chi connectivity index (χ2v) is 5.38. The number of benzene rings is 1. The predicted octanol–water partition coefficient (Wildman–Crippen LogP) is 4.14. The Bertz CT molecular complexity index is 501. The van der Waals surface area contributed by atoms with Gasteiger partial charge in [-0.25, -0.2) is 4.39 Å². The molecule has 0 aliphatic carbocycles. The lowest BCUT2D eigenvalue weighted by molar-refractivity contribution is 0.0981. The Hall–Kier alpha value is -1.24. The van der Waals surface area contributed by atoms with Crippen molar-refractivity contribution >= 4 is 11.6 Å². The van der Waals surface area contributed by atoms with E-state index in [1.807, 2.05) is 0 Å². The van der Waals surface area contributed by atoms with Crippen LogP contribution in [0, 0.1) is 17.7 Å². The van der Waals surface area contributed by atoms with Gasteiger partial charge in [-0.3, -0.25) is 0 Å². The Morgan fingerprint density at radius 3 is 3.10 bits per heavy atom. The fraction of sp³-hybridized carbons (Fsp3) is 0.529. The van der Waals surface area contributed by atoms with Crippen molar-refractivity contribution in [1.29, 1.82) is 0 Å². The molecule has 0 bridgehead atoms. The highest BCUT2D eigenvalue weighted by atomic mass is 35.5. The number of alkyl halides is 1. The number of rotatable bonds is 6. The Balaban J connectivity index is 1.85. The van der Waals surface area contributed by atoms with E-state index >= 15 is 0 Å². The lowest BCUT2D eigenvalue weighted by Crippen LogP contribution is -2.08. The third-order valence-electron chi connectivity index (χ3n) is 3.34. The van der Waals surface area contributed by atoms with Gasteiger partial charge in [-0.05, 0) is 43.9 Å². The summed E-state index contributed by atoms with van der Waals surface area (Å²) in [4.78, 5) is 0. The summed E-state index contributed by atoms with van der Waals surface area (Å²) in [5, 5.41) is 0. The van der Waals surface area contributed by atoms with Gasteiger partial charge in [-0.15, -0.1) is 11.6 Å². The molecule has 0 N–H and O–H groups in total. The molecule has 1 saturated heterocycles.